The van der Waals surface area contributed by atoms with Crippen LogP contribution in [0.2, 0.25) is 0 Å². The van der Waals surface area contributed by atoms with Crippen LogP contribution in [0.4, 0.5) is 0 Å². The first kappa shape index (κ1) is 24.8. The Hall–Kier alpha value is -4.27. The summed E-state index contributed by atoms with van der Waals surface area (Å²) in [6.07, 6.45) is 3.78. The average molecular weight is 492 g/mol. The number of nitrogens with two attached hydrogens (primary N) is 1. The molecule has 0 bridgehead atoms. The third kappa shape index (κ3) is 4.64. The molecule has 3 heterocycles. The number of hydrogen-bond acceptors (Lipinski definition) is 8. The van der Waals surface area contributed by atoms with Gasteiger partial charge in [0.15, 0.2) is 11.5 Å². The highest BCUT2D eigenvalue weighted by atomic mass is 16.5. The lowest BCUT2D eigenvalue weighted by Gasteiger charge is -2.29. The van der Waals surface area contributed by atoms with E-state index in [1.54, 1.807) is 56.3 Å². The third-order valence-corrected chi connectivity index (χ3v) is 6.18. The van der Waals surface area contributed by atoms with Crippen LogP contribution in [0.5, 0.6) is 17.2 Å². The van der Waals surface area contributed by atoms with Gasteiger partial charge < -0.3 is 29.2 Å². The number of aryl methyl sites for hydroxylation is 2. The predicted octanol–water partition coefficient (Wildman–Crippen LogP) is 3.07. The maximum absolute atomic E-state index is 13.9. The number of hydrogen-bond donors (Lipinski definition) is 1. The minimum atomic E-state index is -0.753. The maximum atomic E-state index is 13.9. The molecule has 0 aliphatic carbocycles. The Kier molecular flexibility index (Phi) is 7.28. The Bertz CT molecular complexity index is 1360. The van der Waals surface area contributed by atoms with Crippen LogP contribution in [0.3, 0.4) is 0 Å². The van der Waals surface area contributed by atoms with E-state index in [9.17, 15) is 9.59 Å². The van der Waals surface area contributed by atoms with E-state index in [4.69, 9.17) is 24.7 Å². The molecule has 0 amide bonds. The van der Waals surface area contributed by atoms with Crippen LogP contribution in [0, 0.1) is 6.92 Å². The van der Waals surface area contributed by atoms with Crippen molar-refractivity contribution in [2.75, 3.05) is 20.8 Å². The van der Waals surface area contributed by atoms with E-state index in [0.717, 1.165) is 5.56 Å². The number of carbonyl (C=O) groups is 1. The van der Waals surface area contributed by atoms with Crippen molar-refractivity contribution in [1.82, 2.24) is 9.55 Å². The van der Waals surface area contributed by atoms with Gasteiger partial charge in [-0.2, -0.15) is 0 Å². The molecule has 0 spiro atoms. The summed E-state index contributed by atoms with van der Waals surface area (Å²) in [5, 5.41) is 0. The molecule has 0 radical (unpaired) electrons. The zero-order valence-corrected chi connectivity index (χ0v) is 20.7. The monoisotopic (exact) mass is 491 g/mol. The molecular weight excluding hydrogens is 462 g/mol. The van der Waals surface area contributed by atoms with Crippen LogP contribution in [-0.4, -0.2) is 36.3 Å². The summed E-state index contributed by atoms with van der Waals surface area (Å²) in [6.45, 7) is 4.11. The molecule has 1 aliphatic heterocycles. The number of rotatable bonds is 8. The molecule has 188 valence electrons. The minimum Gasteiger partial charge on any atom is -0.493 e. The Labute approximate surface area is 209 Å². The van der Waals surface area contributed by atoms with Gasteiger partial charge in [0.1, 0.15) is 11.3 Å². The fourth-order valence-corrected chi connectivity index (χ4v) is 4.44. The van der Waals surface area contributed by atoms with E-state index in [0.29, 0.717) is 47.0 Å². The van der Waals surface area contributed by atoms with Crippen LogP contribution >= 0.6 is 0 Å². The second-order valence-corrected chi connectivity index (χ2v) is 8.27. The molecule has 9 heteroatoms. The van der Waals surface area contributed by atoms with Gasteiger partial charge in [0, 0.05) is 30.7 Å². The Balaban J connectivity index is 1.78. The highest BCUT2D eigenvalue weighted by molar-refractivity contribution is 5.92. The van der Waals surface area contributed by atoms with E-state index >= 15 is 0 Å². The molecule has 0 saturated heterocycles. The number of esters is 1. The largest absolute Gasteiger partial charge is 0.493 e. The van der Waals surface area contributed by atoms with E-state index in [1.807, 2.05) is 25.1 Å². The molecule has 3 aromatic rings. The normalized spacial score (nSPS) is 14.6. The number of nitrogens with zero attached hydrogens (tertiary/aromatic N) is 2. The Morgan fingerprint density at radius 1 is 1.11 bits per heavy atom. The van der Waals surface area contributed by atoms with E-state index in [1.165, 1.54) is 0 Å². The second-order valence-electron chi connectivity index (χ2n) is 8.27. The maximum Gasteiger partial charge on any atom is 0.340 e. The standard InChI is InChI=1S/C27H29N3O6/c1-5-35-27(32)24-22(18-8-11-29-12-9-18)23-21(36-25(24)28)14-16(2)30(26(23)31)13-10-17-6-7-19(33-3)20(15-17)34-4/h6-9,11-12,14-15,22H,5,10,13,28H2,1-4H3. The van der Waals surface area contributed by atoms with E-state index in [-0.39, 0.29) is 23.6 Å². The van der Waals surface area contributed by atoms with Crippen LogP contribution < -0.4 is 25.5 Å². The average Bonchev–Trinajstić information content (AvgIpc) is 2.88. The van der Waals surface area contributed by atoms with Crippen LogP contribution in [-0.2, 0) is 22.5 Å². The number of aromatic nitrogens is 2. The van der Waals surface area contributed by atoms with Crippen LogP contribution in [0.25, 0.3) is 0 Å². The van der Waals surface area contributed by atoms with Gasteiger partial charge in [0.25, 0.3) is 5.56 Å². The molecule has 2 N–H and O–H groups in total. The molecule has 1 aromatic carbocycles. The molecule has 1 unspecified atom stereocenters. The summed E-state index contributed by atoms with van der Waals surface area (Å²) in [4.78, 5) is 30.9. The van der Waals surface area contributed by atoms with Crippen molar-refractivity contribution >= 4 is 5.97 Å². The number of ether oxygens (including phenoxy) is 4. The number of methoxy groups -OCH3 is 2. The molecular formula is C27H29N3O6. The number of carbonyl (C=O) groups excluding carboxylic acids is 1. The van der Waals surface area contributed by atoms with Crippen molar-refractivity contribution < 1.29 is 23.7 Å². The highest BCUT2D eigenvalue weighted by Crippen LogP contribution is 2.41. The van der Waals surface area contributed by atoms with Gasteiger partial charge in [-0.3, -0.25) is 9.78 Å². The fraction of sp³-hybridized carbons (Fsp3) is 0.296. The van der Waals surface area contributed by atoms with Gasteiger partial charge in [-0.1, -0.05) is 6.07 Å². The van der Waals surface area contributed by atoms with Crippen molar-refractivity contribution in [2.45, 2.75) is 32.7 Å². The summed E-state index contributed by atoms with van der Waals surface area (Å²) >= 11 is 0. The predicted molar refractivity (Wildman–Crippen MR) is 133 cm³/mol. The fourth-order valence-electron chi connectivity index (χ4n) is 4.44. The summed E-state index contributed by atoms with van der Waals surface area (Å²) in [6, 6.07) is 10.9. The zero-order valence-electron chi connectivity index (χ0n) is 20.7. The van der Waals surface area contributed by atoms with E-state index < -0.39 is 11.9 Å². The first-order valence-corrected chi connectivity index (χ1v) is 11.6. The first-order valence-electron chi connectivity index (χ1n) is 11.6. The molecule has 1 aliphatic rings. The van der Waals surface area contributed by atoms with Gasteiger partial charge in [-0.15, -0.1) is 0 Å². The number of fused-ring (bicyclic) bond motifs is 1. The molecule has 0 saturated carbocycles. The molecule has 1 atom stereocenters. The summed E-state index contributed by atoms with van der Waals surface area (Å²) < 4.78 is 23.4. The minimum absolute atomic E-state index is 0.0790. The van der Waals surface area contributed by atoms with Crippen molar-refractivity contribution in [3.63, 3.8) is 0 Å². The van der Waals surface area contributed by atoms with Gasteiger partial charge in [-0.05, 0) is 55.7 Å². The Morgan fingerprint density at radius 3 is 2.50 bits per heavy atom. The SMILES string of the molecule is CCOC(=O)C1=C(N)Oc2cc(C)n(CCc3ccc(OC)c(OC)c3)c(=O)c2C1c1ccncc1. The summed E-state index contributed by atoms with van der Waals surface area (Å²) in [5.74, 6) is 0.124. The van der Waals surface area contributed by atoms with Crippen molar-refractivity contribution in [3.8, 4) is 17.2 Å². The van der Waals surface area contributed by atoms with Crippen LogP contribution in [0.15, 0.2) is 65.0 Å². The second kappa shape index (κ2) is 10.6. The van der Waals surface area contributed by atoms with Gasteiger partial charge in [0.05, 0.1) is 32.3 Å². The third-order valence-electron chi connectivity index (χ3n) is 6.18. The molecule has 2 aromatic heterocycles. The number of pyridine rings is 2. The molecule has 36 heavy (non-hydrogen) atoms. The molecule has 0 fully saturated rings. The van der Waals surface area contributed by atoms with Crippen LogP contribution in [0.1, 0.15) is 35.2 Å². The smallest absolute Gasteiger partial charge is 0.340 e. The van der Waals surface area contributed by atoms with Crippen molar-refractivity contribution in [3.05, 3.63) is 93.0 Å². The van der Waals surface area contributed by atoms with Gasteiger partial charge >= 0.3 is 5.97 Å². The van der Waals surface area contributed by atoms with Gasteiger partial charge in [-0.25, -0.2) is 4.79 Å². The lowest BCUT2D eigenvalue weighted by Crippen LogP contribution is -2.35. The zero-order chi connectivity index (χ0) is 25.8. The molecule has 4 rings (SSSR count). The first-order chi connectivity index (χ1) is 17.4. The lowest BCUT2D eigenvalue weighted by molar-refractivity contribution is -0.139. The highest BCUT2D eigenvalue weighted by Gasteiger charge is 2.38. The number of benzene rings is 1. The molecule has 9 nitrogen and oxygen atoms in total. The van der Waals surface area contributed by atoms with Crippen molar-refractivity contribution in [1.29, 1.82) is 0 Å². The van der Waals surface area contributed by atoms with Gasteiger partial charge in [0.2, 0.25) is 5.88 Å². The summed E-state index contributed by atoms with van der Waals surface area (Å²) in [7, 11) is 3.17. The van der Waals surface area contributed by atoms with Crippen molar-refractivity contribution in [2.24, 2.45) is 5.73 Å². The quantitative estimate of drug-likeness (QED) is 0.478. The van der Waals surface area contributed by atoms with E-state index in [2.05, 4.69) is 4.98 Å². The topological polar surface area (TPSA) is 115 Å². The summed E-state index contributed by atoms with van der Waals surface area (Å²) in [5.41, 5.74) is 8.73. The lowest BCUT2D eigenvalue weighted by atomic mass is 9.83. The Morgan fingerprint density at radius 2 is 1.83 bits per heavy atom.